The highest BCUT2D eigenvalue weighted by atomic mass is 31.2. The number of quaternary nitrogens is 1. The van der Waals surface area contributed by atoms with Gasteiger partial charge >= 0.3 is 7.82 Å². The maximum atomic E-state index is 12.8. The van der Waals surface area contributed by atoms with E-state index in [1.807, 2.05) is 27.2 Å². The number of aliphatic hydroxyl groups excluding tert-OH is 1. The lowest BCUT2D eigenvalue weighted by Gasteiger charge is -2.25. The van der Waals surface area contributed by atoms with Gasteiger partial charge in [0.25, 0.3) is 0 Å². The van der Waals surface area contributed by atoms with Crippen LogP contribution >= 0.6 is 7.82 Å². The second-order valence-corrected chi connectivity index (χ2v) is 15.4. The zero-order valence-corrected chi connectivity index (χ0v) is 31.9. The van der Waals surface area contributed by atoms with Crippen LogP contribution in [0.3, 0.4) is 0 Å². The predicted octanol–water partition coefficient (Wildman–Crippen LogP) is 9.57. The van der Waals surface area contributed by atoms with Gasteiger partial charge in [0.15, 0.2) is 0 Å². The molecule has 0 bridgehead atoms. The van der Waals surface area contributed by atoms with Gasteiger partial charge in [-0.3, -0.25) is 13.8 Å². The van der Waals surface area contributed by atoms with Crippen molar-refractivity contribution in [2.24, 2.45) is 0 Å². The first-order chi connectivity index (χ1) is 22.5. The zero-order chi connectivity index (χ0) is 35.1. The van der Waals surface area contributed by atoms with Gasteiger partial charge in [-0.05, 0) is 38.5 Å². The van der Waals surface area contributed by atoms with Gasteiger partial charge in [0.1, 0.15) is 13.2 Å². The van der Waals surface area contributed by atoms with Crippen LogP contribution < -0.4 is 5.32 Å². The van der Waals surface area contributed by atoms with E-state index < -0.39 is 20.0 Å². The minimum absolute atomic E-state index is 0.0540. The molecule has 3 atom stereocenters. The lowest BCUT2D eigenvalue weighted by molar-refractivity contribution is -0.870. The number of nitrogens with zero attached hydrogens (tertiary/aromatic N) is 1. The second kappa shape index (κ2) is 30.8. The third-order valence-corrected chi connectivity index (χ3v) is 9.07. The van der Waals surface area contributed by atoms with Crippen molar-refractivity contribution >= 4 is 13.7 Å². The Hall–Kier alpha value is -1.28. The molecule has 47 heavy (non-hydrogen) atoms. The Morgan fingerprint density at radius 3 is 1.68 bits per heavy atom. The monoisotopic (exact) mass is 686 g/mol. The summed E-state index contributed by atoms with van der Waals surface area (Å²) in [5.41, 5.74) is 0. The molecular formula is C38H74N2O6P+. The van der Waals surface area contributed by atoms with Crippen molar-refractivity contribution in [1.82, 2.24) is 5.32 Å². The van der Waals surface area contributed by atoms with E-state index in [0.717, 1.165) is 51.4 Å². The number of nitrogens with one attached hydrogen (secondary N) is 1. The molecule has 0 aromatic rings. The molecule has 0 saturated carbocycles. The van der Waals surface area contributed by atoms with Crippen molar-refractivity contribution in [2.75, 3.05) is 40.9 Å². The molecule has 0 aliphatic rings. The first-order valence-electron chi connectivity index (χ1n) is 18.9. The summed E-state index contributed by atoms with van der Waals surface area (Å²) >= 11 is 0. The lowest BCUT2D eigenvalue weighted by Crippen LogP contribution is -2.45. The number of carbonyl (C=O) groups is 1. The van der Waals surface area contributed by atoms with Gasteiger partial charge in [0, 0.05) is 6.42 Å². The standard InChI is InChI=1S/C38H73N2O6P/c1-6-8-10-12-14-16-18-20-22-24-26-28-30-32-38(42)39-36(35-46-47(43,44)45-34-33-40(3,4)5)37(41)31-29-27-25-23-21-19-17-15-13-11-9-7-2/h13,15,21,23,29,31,36-37,41H,6-12,14,16-20,22,24-28,30,32-35H2,1-5H3,(H-,39,42,43,44)/p+1/b15-13+,23-21+,31-29+. The molecule has 0 radical (unpaired) electrons. The van der Waals surface area contributed by atoms with Gasteiger partial charge in [-0.2, -0.15) is 0 Å². The molecule has 8 nitrogen and oxygen atoms in total. The van der Waals surface area contributed by atoms with E-state index >= 15 is 0 Å². The number of phosphoric ester groups is 1. The Morgan fingerprint density at radius 2 is 1.17 bits per heavy atom. The largest absolute Gasteiger partial charge is 0.472 e. The Labute approximate surface area is 289 Å². The Morgan fingerprint density at radius 1 is 0.702 bits per heavy atom. The van der Waals surface area contributed by atoms with Crippen molar-refractivity contribution in [3.63, 3.8) is 0 Å². The summed E-state index contributed by atoms with van der Waals surface area (Å²) in [6.45, 7) is 4.71. The van der Waals surface area contributed by atoms with Gasteiger partial charge in [-0.15, -0.1) is 0 Å². The van der Waals surface area contributed by atoms with Gasteiger partial charge in [-0.25, -0.2) is 4.57 Å². The number of rotatable bonds is 33. The molecule has 3 N–H and O–H groups in total. The van der Waals surface area contributed by atoms with Crippen molar-refractivity contribution in [2.45, 2.75) is 161 Å². The van der Waals surface area contributed by atoms with E-state index in [1.165, 1.54) is 77.0 Å². The molecule has 1 amide bonds. The maximum Gasteiger partial charge on any atom is 0.472 e. The van der Waals surface area contributed by atoms with E-state index in [9.17, 15) is 19.4 Å². The average molecular weight is 686 g/mol. The highest BCUT2D eigenvalue weighted by Crippen LogP contribution is 2.43. The number of carbonyl (C=O) groups excluding carboxylic acids is 1. The highest BCUT2D eigenvalue weighted by molar-refractivity contribution is 7.47. The fraction of sp³-hybridized carbons (Fsp3) is 0.816. The van der Waals surface area contributed by atoms with E-state index in [1.54, 1.807) is 6.08 Å². The smallest absolute Gasteiger partial charge is 0.387 e. The average Bonchev–Trinajstić information content (AvgIpc) is 3.01. The SMILES string of the molecule is CCCC/C=C/CC/C=C/CC/C=C/C(O)C(COP(=O)(O)OCC[N+](C)(C)C)NC(=O)CCCCCCCCCCCCCCC. The number of allylic oxidation sites excluding steroid dienone is 5. The molecule has 0 fully saturated rings. The molecule has 9 heteroatoms. The summed E-state index contributed by atoms with van der Waals surface area (Å²) in [7, 11) is 1.54. The second-order valence-electron chi connectivity index (χ2n) is 13.9. The van der Waals surface area contributed by atoms with Crippen molar-refractivity contribution in [1.29, 1.82) is 0 Å². The Kier molecular flexibility index (Phi) is 29.9. The number of likely N-dealkylation sites (N-methyl/N-ethyl adjacent to an activating group) is 1. The predicted molar refractivity (Wildman–Crippen MR) is 198 cm³/mol. The van der Waals surface area contributed by atoms with Crippen molar-refractivity contribution < 1.29 is 32.9 Å². The number of hydrogen-bond acceptors (Lipinski definition) is 5. The molecule has 0 rings (SSSR count). The van der Waals surface area contributed by atoms with Gasteiger partial charge in [-0.1, -0.05) is 140 Å². The first-order valence-corrected chi connectivity index (χ1v) is 20.4. The molecule has 0 aliphatic heterocycles. The minimum Gasteiger partial charge on any atom is -0.387 e. The Balaban J connectivity index is 4.61. The highest BCUT2D eigenvalue weighted by Gasteiger charge is 2.27. The summed E-state index contributed by atoms with van der Waals surface area (Å²) in [5.74, 6) is -0.195. The van der Waals surface area contributed by atoms with Crippen LogP contribution in [0.4, 0.5) is 0 Å². The van der Waals surface area contributed by atoms with E-state index in [2.05, 4.69) is 43.5 Å². The molecule has 0 saturated heterocycles. The first kappa shape index (κ1) is 45.7. The topological polar surface area (TPSA) is 105 Å². The third kappa shape index (κ3) is 33.0. The molecule has 0 aliphatic carbocycles. The molecular weight excluding hydrogens is 611 g/mol. The molecule has 276 valence electrons. The van der Waals surface area contributed by atoms with Crippen LogP contribution in [0.5, 0.6) is 0 Å². The van der Waals surface area contributed by atoms with Gasteiger partial charge in [0.2, 0.25) is 5.91 Å². The third-order valence-electron chi connectivity index (χ3n) is 8.09. The summed E-state index contributed by atoms with van der Waals surface area (Å²) < 4.78 is 23.4. The zero-order valence-electron chi connectivity index (χ0n) is 31.0. The summed E-state index contributed by atoms with van der Waals surface area (Å²) in [6.07, 6.45) is 34.9. The molecule has 3 unspecified atom stereocenters. The summed E-state index contributed by atoms with van der Waals surface area (Å²) in [4.78, 5) is 22.9. The van der Waals surface area contributed by atoms with Crippen LogP contribution in [0.1, 0.15) is 149 Å². The van der Waals surface area contributed by atoms with Crippen molar-refractivity contribution in [3.8, 4) is 0 Å². The lowest BCUT2D eigenvalue weighted by atomic mass is 10.0. The van der Waals surface area contributed by atoms with Gasteiger partial charge in [0.05, 0.1) is 39.9 Å². The molecule has 0 spiro atoms. The number of amides is 1. The quantitative estimate of drug-likeness (QED) is 0.0275. The summed E-state index contributed by atoms with van der Waals surface area (Å²) in [5, 5.41) is 13.7. The van der Waals surface area contributed by atoms with Crippen LogP contribution in [0.2, 0.25) is 0 Å². The number of hydrogen-bond donors (Lipinski definition) is 3. The fourth-order valence-electron chi connectivity index (χ4n) is 5.00. The normalized spacial score (nSPS) is 15.1. The van der Waals surface area contributed by atoms with Crippen LogP contribution in [-0.2, 0) is 18.4 Å². The summed E-state index contributed by atoms with van der Waals surface area (Å²) in [6, 6.07) is -0.863. The van der Waals surface area contributed by atoms with E-state index in [4.69, 9.17) is 9.05 Å². The van der Waals surface area contributed by atoms with E-state index in [0.29, 0.717) is 17.4 Å². The minimum atomic E-state index is -4.34. The number of aliphatic hydroxyl groups is 1. The molecule has 0 aromatic heterocycles. The molecule has 0 heterocycles. The van der Waals surface area contributed by atoms with Gasteiger partial charge < -0.3 is 19.8 Å². The Bertz CT molecular complexity index is 871. The fourth-order valence-corrected chi connectivity index (χ4v) is 5.73. The van der Waals surface area contributed by atoms with Crippen LogP contribution in [-0.4, -0.2) is 73.4 Å². The molecule has 0 aromatic carbocycles. The van der Waals surface area contributed by atoms with Crippen LogP contribution in [0.25, 0.3) is 0 Å². The van der Waals surface area contributed by atoms with Crippen LogP contribution in [0.15, 0.2) is 36.5 Å². The van der Waals surface area contributed by atoms with Crippen LogP contribution in [0, 0.1) is 0 Å². The number of unbranched alkanes of at least 4 members (excludes halogenated alkanes) is 16. The maximum absolute atomic E-state index is 12.8. The van der Waals surface area contributed by atoms with E-state index in [-0.39, 0.29) is 19.1 Å². The number of phosphoric acid groups is 1. The van der Waals surface area contributed by atoms with Crippen molar-refractivity contribution in [3.05, 3.63) is 36.5 Å².